The second-order valence-electron chi connectivity index (χ2n) is 7.25. The molecule has 2 aromatic rings. The minimum Gasteiger partial charge on any atom is -0.497 e. The number of methoxy groups -OCH3 is 1. The van der Waals surface area contributed by atoms with Crippen LogP contribution in [0.3, 0.4) is 0 Å². The van der Waals surface area contributed by atoms with Crippen LogP contribution in [0.15, 0.2) is 42.5 Å². The third-order valence-electron chi connectivity index (χ3n) is 5.30. The molecule has 0 radical (unpaired) electrons. The van der Waals surface area contributed by atoms with Gasteiger partial charge in [-0.15, -0.1) is 0 Å². The molecule has 1 unspecified atom stereocenters. The van der Waals surface area contributed by atoms with Crippen molar-refractivity contribution in [2.75, 3.05) is 26.8 Å². The second-order valence-corrected chi connectivity index (χ2v) is 7.25. The van der Waals surface area contributed by atoms with Gasteiger partial charge in [-0.05, 0) is 55.7 Å². The Balaban J connectivity index is 1.79. The standard InChI is InChI=1S/C23H27F2NO3/c1-4-26(5-2)22(27)17-8-6-7-16(11-17)18-12-20(28-3)14-21(13-18)29-10-9-19-15-23(19,24)25/h6-8,11-14,19H,4-5,9-10,15H2,1-3H3. The highest BCUT2D eigenvalue weighted by Gasteiger charge is 2.56. The molecule has 1 aliphatic rings. The van der Waals surface area contributed by atoms with Gasteiger partial charge in [0, 0.05) is 37.1 Å². The Kier molecular flexibility index (Phi) is 6.40. The molecule has 1 atom stereocenters. The normalized spacial score (nSPS) is 16.9. The smallest absolute Gasteiger partial charge is 0.253 e. The van der Waals surface area contributed by atoms with Crippen LogP contribution in [0.2, 0.25) is 0 Å². The second kappa shape index (κ2) is 8.80. The first-order valence-electron chi connectivity index (χ1n) is 9.97. The first-order chi connectivity index (χ1) is 13.9. The predicted octanol–water partition coefficient (Wildman–Crippen LogP) is 5.27. The molecular formula is C23H27F2NO3. The molecule has 1 amide bonds. The quantitative estimate of drug-likeness (QED) is 0.573. The van der Waals surface area contributed by atoms with Gasteiger partial charge < -0.3 is 14.4 Å². The molecule has 156 valence electrons. The average Bonchev–Trinajstić information content (AvgIpc) is 3.34. The molecule has 0 N–H and O–H groups in total. The fourth-order valence-electron chi connectivity index (χ4n) is 3.37. The maximum absolute atomic E-state index is 13.0. The monoisotopic (exact) mass is 403 g/mol. The molecule has 4 nitrogen and oxygen atoms in total. The van der Waals surface area contributed by atoms with Gasteiger partial charge in [0.25, 0.3) is 11.8 Å². The lowest BCUT2D eigenvalue weighted by Gasteiger charge is -2.19. The van der Waals surface area contributed by atoms with E-state index in [2.05, 4.69) is 0 Å². The Morgan fingerprint density at radius 3 is 2.41 bits per heavy atom. The average molecular weight is 403 g/mol. The van der Waals surface area contributed by atoms with Crippen molar-refractivity contribution in [1.29, 1.82) is 0 Å². The van der Waals surface area contributed by atoms with Crippen LogP contribution in [-0.2, 0) is 0 Å². The molecule has 1 saturated carbocycles. The Labute approximate surface area is 170 Å². The number of carbonyl (C=O) groups excluding carboxylic acids is 1. The SMILES string of the molecule is CCN(CC)C(=O)c1cccc(-c2cc(OC)cc(OCCC3CC3(F)F)c2)c1. The number of alkyl halides is 2. The number of amides is 1. The van der Waals surface area contributed by atoms with Gasteiger partial charge in [0.1, 0.15) is 11.5 Å². The molecule has 0 spiro atoms. The summed E-state index contributed by atoms with van der Waals surface area (Å²) in [5, 5.41) is 0. The Bertz CT molecular complexity index is 865. The number of hydrogen-bond acceptors (Lipinski definition) is 3. The van der Waals surface area contributed by atoms with Crippen LogP contribution in [0, 0.1) is 5.92 Å². The summed E-state index contributed by atoms with van der Waals surface area (Å²) in [7, 11) is 1.56. The van der Waals surface area contributed by atoms with E-state index in [4.69, 9.17) is 9.47 Å². The Morgan fingerprint density at radius 2 is 1.79 bits per heavy atom. The molecular weight excluding hydrogens is 376 g/mol. The lowest BCUT2D eigenvalue weighted by Crippen LogP contribution is -2.30. The fraction of sp³-hybridized carbons (Fsp3) is 0.435. The molecule has 3 rings (SSSR count). The number of carbonyl (C=O) groups is 1. The summed E-state index contributed by atoms with van der Waals surface area (Å²) in [5.41, 5.74) is 2.32. The van der Waals surface area contributed by atoms with Gasteiger partial charge in [0.15, 0.2) is 0 Å². The van der Waals surface area contributed by atoms with Crippen LogP contribution < -0.4 is 9.47 Å². The summed E-state index contributed by atoms with van der Waals surface area (Å²) in [6, 6.07) is 12.9. The van der Waals surface area contributed by atoms with Gasteiger partial charge in [-0.3, -0.25) is 4.79 Å². The van der Waals surface area contributed by atoms with Crippen molar-refractivity contribution in [3.8, 4) is 22.6 Å². The van der Waals surface area contributed by atoms with Crippen LogP contribution in [0.4, 0.5) is 8.78 Å². The van der Waals surface area contributed by atoms with Crippen LogP contribution in [0.1, 0.15) is 37.0 Å². The van der Waals surface area contributed by atoms with Crippen molar-refractivity contribution < 1.29 is 23.0 Å². The van der Waals surface area contributed by atoms with E-state index in [-0.39, 0.29) is 18.9 Å². The fourth-order valence-corrected chi connectivity index (χ4v) is 3.37. The predicted molar refractivity (Wildman–Crippen MR) is 109 cm³/mol. The maximum Gasteiger partial charge on any atom is 0.253 e. The van der Waals surface area contributed by atoms with E-state index in [0.29, 0.717) is 36.6 Å². The lowest BCUT2D eigenvalue weighted by atomic mass is 10.0. The van der Waals surface area contributed by atoms with E-state index in [0.717, 1.165) is 11.1 Å². The summed E-state index contributed by atoms with van der Waals surface area (Å²) < 4.78 is 37.1. The van der Waals surface area contributed by atoms with Crippen LogP contribution in [-0.4, -0.2) is 43.5 Å². The molecule has 29 heavy (non-hydrogen) atoms. The molecule has 0 aromatic heterocycles. The van der Waals surface area contributed by atoms with E-state index in [1.54, 1.807) is 24.1 Å². The van der Waals surface area contributed by atoms with Gasteiger partial charge in [-0.1, -0.05) is 12.1 Å². The van der Waals surface area contributed by atoms with Crippen molar-refractivity contribution in [3.05, 3.63) is 48.0 Å². The number of benzene rings is 2. The zero-order chi connectivity index (χ0) is 21.0. The molecule has 1 fully saturated rings. The summed E-state index contributed by atoms with van der Waals surface area (Å²) in [4.78, 5) is 14.4. The highest BCUT2D eigenvalue weighted by Crippen LogP contribution is 2.50. The number of rotatable bonds is 9. The van der Waals surface area contributed by atoms with Gasteiger partial charge in [0.05, 0.1) is 13.7 Å². The van der Waals surface area contributed by atoms with Crippen LogP contribution in [0.5, 0.6) is 11.5 Å². The van der Waals surface area contributed by atoms with E-state index in [9.17, 15) is 13.6 Å². The molecule has 1 aliphatic carbocycles. The summed E-state index contributed by atoms with van der Waals surface area (Å²) in [6.45, 7) is 5.43. The number of ether oxygens (including phenoxy) is 2. The van der Waals surface area contributed by atoms with Crippen molar-refractivity contribution in [2.45, 2.75) is 32.6 Å². The first kappa shape index (κ1) is 21.1. The van der Waals surface area contributed by atoms with Crippen LogP contribution in [0.25, 0.3) is 11.1 Å². The Morgan fingerprint density at radius 1 is 1.10 bits per heavy atom. The molecule has 6 heteroatoms. The van der Waals surface area contributed by atoms with Gasteiger partial charge >= 0.3 is 0 Å². The minimum atomic E-state index is -2.53. The summed E-state index contributed by atoms with van der Waals surface area (Å²) in [6.07, 6.45) is 0.278. The Hall–Kier alpha value is -2.63. The summed E-state index contributed by atoms with van der Waals surface area (Å²) >= 11 is 0. The number of halogens is 2. The molecule has 2 aromatic carbocycles. The topological polar surface area (TPSA) is 38.8 Å². The van der Waals surface area contributed by atoms with Crippen molar-refractivity contribution in [3.63, 3.8) is 0 Å². The van der Waals surface area contributed by atoms with E-state index in [1.165, 1.54) is 0 Å². The molecule has 0 saturated heterocycles. The van der Waals surface area contributed by atoms with Gasteiger partial charge in [-0.2, -0.15) is 0 Å². The number of nitrogens with zero attached hydrogens (tertiary/aromatic N) is 1. The first-order valence-corrected chi connectivity index (χ1v) is 9.97. The third kappa shape index (κ3) is 5.05. The maximum atomic E-state index is 13.0. The highest BCUT2D eigenvalue weighted by molar-refractivity contribution is 5.95. The minimum absolute atomic E-state index is 0.0124. The molecule has 0 heterocycles. The molecule has 0 aliphatic heterocycles. The zero-order valence-electron chi connectivity index (χ0n) is 17.1. The van der Waals surface area contributed by atoms with Gasteiger partial charge in [0.2, 0.25) is 0 Å². The van der Waals surface area contributed by atoms with Crippen molar-refractivity contribution in [1.82, 2.24) is 4.90 Å². The van der Waals surface area contributed by atoms with Crippen molar-refractivity contribution >= 4 is 5.91 Å². The van der Waals surface area contributed by atoms with E-state index >= 15 is 0 Å². The zero-order valence-corrected chi connectivity index (χ0v) is 17.1. The summed E-state index contributed by atoms with van der Waals surface area (Å²) in [5.74, 6) is -1.95. The van der Waals surface area contributed by atoms with E-state index < -0.39 is 11.8 Å². The number of hydrogen-bond donors (Lipinski definition) is 0. The van der Waals surface area contributed by atoms with Gasteiger partial charge in [-0.25, -0.2) is 8.78 Å². The van der Waals surface area contributed by atoms with Crippen LogP contribution >= 0.6 is 0 Å². The molecule has 0 bridgehead atoms. The largest absolute Gasteiger partial charge is 0.497 e. The third-order valence-corrected chi connectivity index (χ3v) is 5.30. The van der Waals surface area contributed by atoms with E-state index in [1.807, 2.05) is 44.2 Å². The highest BCUT2D eigenvalue weighted by atomic mass is 19.3. The lowest BCUT2D eigenvalue weighted by molar-refractivity contribution is 0.0772. The van der Waals surface area contributed by atoms with Crippen molar-refractivity contribution in [2.24, 2.45) is 5.92 Å².